The van der Waals surface area contributed by atoms with Crippen molar-refractivity contribution >= 4 is 29.7 Å². The van der Waals surface area contributed by atoms with Gasteiger partial charge in [-0.15, -0.1) is 12.4 Å². The lowest BCUT2D eigenvalue weighted by molar-refractivity contribution is 0.102. The molecule has 28 heavy (non-hydrogen) atoms. The van der Waals surface area contributed by atoms with Crippen molar-refractivity contribution in [1.82, 2.24) is 0 Å². The molecule has 0 radical (unpaired) electrons. The molecule has 5 heteroatoms. The number of carbonyl (C=O) groups is 1. The van der Waals surface area contributed by atoms with Gasteiger partial charge in [-0.2, -0.15) is 0 Å². The predicted molar refractivity (Wildman–Crippen MR) is 120 cm³/mol. The molecular weight excluding hydrogens is 372 g/mol. The number of phenols is 1. The van der Waals surface area contributed by atoms with E-state index in [1.54, 1.807) is 6.07 Å². The van der Waals surface area contributed by atoms with Crippen LogP contribution in [0.1, 0.15) is 74.2 Å². The number of aryl methyl sites for hydroxylation is 1. The normalized spacial score (nSPS) is 10.3. The Morgan fingerprint density at radius 3 is 2.18 bits per heavy atom. The molecule has 0 saturated carbocycles. The van der Waals surface area contributed by atoms with Crippen LogP contribution in [0.4, 0.5) is 11.4 Å². The molecule has 1 amide bonds. The van der Waals surface area contributed by atoms with Crippen LogP contribution >= 0.6 is 12.4 Å². The van der Waals surface area contributed by atoms with E-state index >= 15 is 0 Å². The average molecular weight is 405 g/mol. The second-order valence-corrected chi connectivity index (χ2v) is 7.15. The van der Waals surface area contributed by atoms with Crippen molar-refractivity contribution in [2.45, 2.75) is 64.7 Å². The molecule has 0 aliphatic carbocycles. The van der Waals surface area contributed by atoms with E-state index in [-0.39, 0.29) is 29.6 Å². The van der Waals surface area contributed by atoms with Crippen LogP contribution in [-0.4, -0.2) is 11.0 Å². The highest BCUT2D eigenvalue weighted by atomic mass is 35.5. The van der Waals surface area contributed by atoms with Crippen LogP contribution in [0.5, 0.6) is 5.75 Å². The van der Waals surface area contributed by atoms with Gasteiger partial charge in [0.1, 0.15) is 5.75 Å². The SMILES string of the molecule is CCCCCCCCCCc1ccc(NC(=O)c2cc(N)ccc2O)cc1.Cl. The highest BCUT2D eigenvalue weighted by Gasteiger charge is 2.11. The van der Waals surface area contributed by atoms with Crippen LogP contribution in [0.25, 0.3) is 0 Å². The summed E-state index contributed by atoms with van der Waals surface area (Å²) in [5, 5.41) is 12.6. The Kier molecular flexibility index (Phi) is 11.1. The van der Waals surface area contributed by atoms with Gasteiger partial charge in [0.2, 0.25) is 0 Å². The summed E-state index contributed by atoms with van der Waals surface area (Å²) >= 11 is 0. The number of aromatic hydroxyl groups is 1. The summed E-state index contributed by atoms with van der Waals surface area (Å²) in [6, 6.07) is 12.4. The van der Waals surface area contributed by atoms with Gasteiger partial charge in [-0.25, -0.2) is 0 Å². The molecule has 154 valence electrons. The van der Waals surface area contributed by atoms with Crippen molar-refractivity contribution in [3.05, 3.63) is 53.6 Å². The largest absolute Gasteiger partial charge is 0.507 e. The number of carbonyl (C=O) groups excluding carboxylic acids is 1. The fourth-order valence-electron chi connectivity index (χ4n) is 3.15. The molecule has 0 aliphatic heterocycles. The molecule has 0 saturated heterocycles. The maximum Gasteiger partial charge on any atom is 0.259 e. The van der Waals surface area contributed by atoms with Crippen molar-refractivity contribution in [3.8, 4) is 5.75 Å². The molecule has 2 rings (SSSR count). The lowest BCUT2D eigenvalue weighted by Gasteiger charge is -2.09. The molecule has 2 aromatic carbocycles. The number of benzene rings is 2. The summed E-state index contributed by atoms with van der Waals surface area (Å²) in [5.74, 6) is -0.441. The Morgan fingerprint density at radius 1 is 0.929 bits per heavy atom. The molecule has 0 atom stereocenters. The Bertz CT molecular complexity index is 717. The number of amides is 1. The third-order valence-electron chi connectivity index (χ3n) is 4.80. The number of phenolic OH excluding ortho intramolecular Hbond substituents is 1. The van der Waals surface area contributed by atoms with Crippen LogP contribution in [0, 0.1) is 0 Å². The summed E-state index contributed by atoms with van der Waals surface area (Å²) in [4.78, 5) is 12.3. The summed E-state index contributed by atoms with van der Waals surface area (Å²) < 4.78 is 0. The zero-order valence-electron chi connectivity index (χ0n) is 16.7. The van der Waals surface area contributed by atoms with Gasteiger partial charge in [0.05, 0.1) is 5.56 Å². The maximum absolute atomic E-state index is 12.3. The molecule has 0 fully saturated rings. The van der Waals surface area contributed by atoms with Gasteiger partial charge in [-0.1, -0.05) is 64.0 Å². The Morgan fingerprint density at radius 2 is 1.54 bits per heavy atom. The number of hydrogen-bond acceptors (Lipinski definition) is 3. The second-order valence-electron chi connectivity index (χ2n) is 7.15. The van der Waals surface area contributed by atoms with Crippen LogP contribution in [0.15, 0.2) is 42.5 Å². The number of halogens is 1. The highest BCUT2D eigenvalue weighted by Crippen LogP contribution is 2.21. The Balaban J connectivity index is 0.00000392. The fourth-order valence-corrected chi connectivity index (χ4v) is 3.15. The number of rotatable bonds is 11. The molecule has 0 spiro atoms. The molecule has 0 aromatic heterocycles. The summed E-state index contributed by atoms with van der Waals surface area (Å²) in [7, 11) is 0. The molecule has 4 N–H and O–H groups in total. The average Bonchev–Trinajstić information content (AvgIpc) is 2.67. The number of nitrogens with one attached hydrogen (secondary N) is 1. The van der Waals surface area contributed by atoms with E-state index in [1.807, 2.05) is 12.1 Å². The Labute approximate surface area is 175 Å². The quantitative estimate of drug-likeness (QED) is 0.232. The first-order chi connectivity index (χ1) is 13.1. The molecular formula is C23H33ClN2O2. The molecule has 0 bridgehead atoms. The first kappa shape index (κ1) is 23.8. The summed E-state index contributed by atoms with van der Waals surface area (Å²) in [6.45, 7) is 2.25. The van der Waals surface area contributed by atoms with Gasteiger partial charge in [-0.3, -0.25) is 4.79 Å². The monoisotopic (exact) mass is 404 g/mol. The highest BCUT2D eigenvalue weighted by molar-refractivity contribution is 6.06. The standard InChI is InChI=1S/C23H32N2O2.ClH/c1-2-3-4-5-6-7-8-9-10-18-11-14-20(15-12-18)25-23(27)21-17-19(24)13-16-22(21)26;/h11-17,26H,2-10,24H2,1H3,(H,25,27);1H. The van der Waals surface area contributed by atoms with Gasteiger partial charge in [-0.05, 0) is 48.7 Å². The topological polar surface area (TPSA) is 75.4 Å². The first-order valence-corrected chi connectivity index (χ1v) is 10.1. The first-order valence-electron chi connectivity index (χ1n) is 10.1. The minimum Gasteiger partial charge on any atom is -0.507 e. The fraction of sp³-hybridized carbons (Fsp3) is 0.435. The van der Waals surface area contributed by atoms with Gasteiger partial charge in [0.25, 0.3) is 5.91 Å². The molecule has 0 aliphatic rings. The number of unbranched alkanes of at least 4 members (excludes halogenated alkanes) is 7. The van der Waals surface area contributed by atoms with Crippen LogP contribution in [-0.2, 0) is 6.42 Å². The maximum atomic E-state index is 12.3. The van der Waals surface area contributed by atoms with Crippen LogP contribution in [0.2, 0.25) is 0 Å². The smallest absolute Gasteiger partial charge is 0.259 e. The number of nitrogen functional groups attached to an aromatic ring is 1. The predicted octanol–water partition coefficient (Wildman–Crippen LogP) is 6.33. The van der Waals surface area contributed by atoms with Crippen molar-refractivity contribution in [1.29, 1.82) is 0 Å². The minimum atomic E-state index is -0.365. The van der Waals surface area contributed by atoms with Crippen molar-refractivity contribution in [2.24, 2.45) is 0 Å². The number of nitrogens with two attached hydrogens (primary N) is 1. The van der Waals surface area contributed by atoms with Gasteiger partial charge >= 0.3 is 0 Å². The van der Waals surface area contributed by atoms with Gasteiger partial charge in [0.15, 0.2) is 0 Å². The zero-order valence-corrected chi connectivity index (χ0v) is 17.6. The lowest BCUT2D eigenvalue weighted by atomic mass is 10.0. The van der Waals surface area contributed by atoms with Crippen molar-refractivity contribution in [3.63, 3.8) is 0 Å². The number of hydrogen-bond donors (Lipinski definition) is 3. The van der Waals surface area contributed by atoms with Gasteiger partial charge in [0, 0.05) is 11.4 Å². The summed E-state index contributed by atoms with van der Waals surface area (Å²) in [6.07, 6.45) is 11.6. The van der Waals surface area contributed by atoms with E-state index < -0.39 is 0 Å². The zero-order chi connectivity index (χ0) is 19.5. The van der Waals surface area contributed by atoms with E-state index in [0.29, 0.717) is 11.4 Å². The number of anilines is 2. The van der Waals surface area contributed by atoms with Crippen molar-refractivity contribution < 1.29 is 9.90 Å². The third-order valence-corrected chi connectivity index (χ3v) is 4.80. The second kappa shape index (κ2) is 13.1. The van der Waals surface area contributed by atoms with Gasteiger partial charge < -0.3 is 16.2 Å². The van der Waals surface area contributed by atoms with Crippen molar-refractivity contribution in [2.75, 3.05) is 11.1 Å². The molecule has 2 aromatic rings. The van der Waals surface area contributed by atoms with E-state index in [1.165, 1.54) is 69.1 Å². The van der Waals surface area contributed by atoms with Crippen LogP contribution < -0.4 is 11.1 Å². The van der Waals surface area contributed by atoms with E-state index in [9.17, 15) is 9.90 Å². The third kappa shape index (κ3) is 8.22. The lowest BCUT2D eigenvalue weighted by Crippen LogP contribution is -2.12. The van der Waals surface area contributed by atoms with E-state index in [0.717, 1.165) is 6.42 Å². The van der Waals surface area contributed by atoms with E-state index in [4.69, 9.17) is 5.73 Å². The molecule has 0 unspecified atom stereocenters. The molecule has 4 nitrogen and oxygen atoms in total. The molecule has 0 heterocycles. The minimum absolute atomic E-state index is 0. The Hall–Kier alpha value is -2.20. The summed E-state index contributed by atoms with van der Waals surface area (Å²) in [5.41, 5.74) is 8.30. The van der Waals surface area contributed by atoms with E-state index in [2.05, 4.69) is 24.4 Å². The van der Waals surface area contributed by atoms with Crippen LogP contribution in [0.3, 0.4) is 0 Å².